The number of thiocarbonyl (C=S) groups is 1. The van der Waals surface area contributed by atoms with Gasteiger partial charge in [-0.1, -0.05) is 91.1 Å². The number of nitriles is 2. The van der Waals surface area contributed by atoms with Gasteiger partial charge < -0.3 is 15.0 Å². The van der Waals surface area contributed by atoms with Crippen LogP contribution in [0.1, 0.15) is 28.2 Å². The van der Waals surface area contributed by atoms with Gasteiger partial charge in [0, 0.05) is 11.3 Å². The summed E-state index contributed by atoms with van der Waals surface area (Å²) in [4.78, 5) is 20.0. The van der Waals surface area contributed by atoms with Crippen molar-refractivity contribution in [3.8, 4) is 12.1 Å². The molecule has 0 atom stereocenters. The molecule has 7 nitrogen and oxygen atoms in total. The summed E-state index contributed by atoms with van der Waals surface area (Å²) in [5.74, 6) is 0.305. The molecule has 3 aromatic carbocycles. The number of H-pyrrole nitrogens is 1. The lowest BCUT2D eigenvalue weighted by Gasteiger charge is -2.18. The molecule has 1 aromatic heterocycles. The standard InChI is InChI=1S/C28H19N5O2S/c29-16-22-23(17-30)33-27(34)25(32-22)24(28(36)31-21-14-8-3-9-15-21)26(20-12-6-2-7-13-20)35-18-19-10-4-1-5-11-19/h1-15H,18H2,(H,31,36)(H,33,34)/b26-24-. The van der Waals surface area contributed by atoms with Crippen molar-refractivity contribution in [2.45, 2.75) is 6.61 Å². The van der Waals surface area contributed by atoms with Gasteiger partial charge in [-0.25, -0.2) is 4.98 Å². The average molecular weight is 490 g/mol. The lowest BCUT2D eigenvalue weighted by atomic mass is 10.0. The third kappa shape index (κ3) is 5.53. The number of ether oxygens (including phenoxy) is 1. The molecule has 0 saturated carbocycles. The maximum Gasteiger partial charge on any atom is 0.275 e. The Hall–Kier alpha value is -5.05. The van der Waals surface area contributed by atoms with Crippen molar-refractivity contribution < 1.29 is 4.74 Å². The first-order chi connectivity index (χ1) is 17.6. The predicted octanol–water partition coefficient (Wildman–Crippen LogP) is 5.04. The first-order valence-corrected chi connectivity index (χ1v) is 11.3. The Kier molecular flexibility index (Phi) is 7.62. The van der Waals surface area contributed by atoms with Crippen LogP contribution in [0.4, 0.5) is 5.69 Å². The zero-order chi connectivity index (χ0) is 25.3. The van der Waals surface area contributed by atoms with Gasteiger partial charge in [0.15, 0.2) is 11.4 Å². The number of hydrogen-bond donors (Lipinski definition) is 2. The fourth-order valence-electron chi connectivity index (χ4n) is 3.43. The molecule has 0 amide bonds. The molecule has 0 spiro atoms. The van der Waals surface area contributed by atoms with Gasteiger partial charge in [0.25, 0.3) is 5.56 Å². The number of benzene rings is 3. The number of nitrogens with one attached hydrogen (secondary N) is 2. The van der Waals surface area contributed by atoms with Crippen molar-refractivity contribution in [2.24, 2.45) is 0 Å². The van der Waals surface area contributed by atoms with Crippen LogP contribution in [0.15, 0.2) is 95.8 Å². The highest BCUT2D eigenvalue weighted by molar-refractivity contribution is 7.81. The molecule has 0 aliphatic heterocycles. The van der Waals surface area contributed by atoms with Gasteiger partial charge in [0.05, 0.1) is 5.57 Å². The number of nitrogens with zero attached hydrogens (tertiary/aromatic N) is 3. The van der Waals surface area contributed by atoms with Gasteiger partial charge in [0.2, 0.25) is 0 Å². The van der Waals surface area contributed by atoms with Crippen LogP contribution in [0.2, 0.25) is 0 Å². The normalized spacial score (nSPS) is 10.9. The molecule has 0 unspecified atom stereocenters. The van der Waals surface area contributed by atoms with Crippen LogP contribution >= 0.6 is 12.2 Å². The van der Waals surface area contributed by atoms with E-state index in [0.717, 1.165) is 5.56 Å². The van der Waals surface area contributed by atoms with Gasteiger partial charge in [-0.3, -0.25) is 4.79 Å². The number of aromatic nitrogens is 2. The van der Waals surface area contributed by atoms with E-state index >= 15 is 0 Å². The van der Waals surface area contributed by atoms with Gasteiger partial charge in [0.1, 0.15) is 35.2 Å². The van der Waals surface area contributed by atoms with E-state index in [-0.39, 0.29) is 34.3 Å². The molecule has 4 aromatic rings. The van der Waals surface area contributed by atoms with Gasteiger partial charge in [-0.2, -0.15) is 10.5 Å². The van der Waals surface area contributed by atoms with Crippen LogP contribution in [-0.4, -0.2) is 15.0 Å². The molecule has 0 fully saturated rings. The van der Waals surface area contributed by atoms with Crippen LogP contribution in [0.25, 0.3) is 11.3 Å². The predicted molar refractivity (Wildman–Crippen MR) is 141 cm³/mol. The topological polar surface area (TPSA) is 115 Å². The molecule has 36 heavy (non-hydrogen) atoms. The van der Waals surface area contributed by atoms with Crippen molar-refractivity contribution in [1.82, 2.24) is 9.97 Å². The van der Waals surface area contributed by atoms with E-state index in [1.165, 1.54) is 0 Å². The molecule has 0 aliphatic carbocycles. The van der Waals surface area contributed by atoms with Crippen LogP contribution in [-0.2, 0) is 11.3 Å². The van der Waals surface area contributed by atoms with Gasteiger partial charge in [-0.05, 0) is 17.7 Å². The Morgan fingerprint density at radius 3 is 2.14 bits per heavy atom. The SMILES string of the molecule is N#Cc1nc(/C(C(=S)Nc2ccccc2)=C(/OCc2ccccc2)c2ccccc2)c(=O)[nH]c1C#N. The second-order valence-corrected chi connectivity index (χ2v) is 7.93. The van der Waals surface area contributed by atoms with Crippen molar-refractivity contribution >= 4 is 34.2 Å². The third-order valence-electron chi connectivity index (χ3n) is 5.12. The Morgan fingerprint density at radius 1 is 0.917 bits per heavy atom. The molecule has 2 N–H and O–H groups in total. The minimum absolute atomic E-state index is 0.133. The van der Waals surface area contributed by atoms with Crippen LogP contribution in [0, 0.1) is 22.7 Å². The van der Waals surface area contributed by atoms with Crippen LogP contribution in [0.3, 0.4) is 0 Å². The van der Waals surface area contributed by atoms with Crippen molar-refractivity contribution in [3.05, 3.63) is 130 Å². The van der Waals surface area contributed by atoms with E-state index in [1.807, 2.05) is 97.1 Å². The highest BCUT2D eigenvalue weighted by Gasteiger charge is 2.24. The second-order valence-electron chi connectivity index (χ2n) is 7.53. The van der Waals surface area contributed by atoms with Gasteiger partial charge >= 0.3 is 0 Å². The van der Waals surface area contributed by atoms with E-state index in [4.69, 9.17) is 17.0 Å². The largest absolute Gasteiger partial charge is 0.487 e. The summed E-state index contributed by atoms with van der Waals surface area (Å²) < 4.78 is 6.29. The maximum absolute atomic E-state index is 13.1. The molecule has 174 valence electrons. The van der Waals surface area contributed by atoms with Crippen molar-refractivity contribution in [1.29, 1.82) is 10.5 Å². The van der Waals surface area contributed by atoms with Crippen molar-refractivity contribution in [2.75, 3.05) is 5.32 Å². The molecular formula is C28H19N5O2S. The van der Waals surface area contributed by atoms with Crippen LogP contribution in [0.5, 0.6) is 0 Å². The Morgan fingerprint density at radius 2 is 1.53 bits per heavy atom. The molecule has 0 saturated heterocycles. The zero-order valence-electron chi connectivity index (χ0n) is 18.9. The highest BCUT2D eigenvalue weighted by atomic mass is 32.1. The highest BCUT2D eigenvalue weighted by Crippen LogP contribution is 2.29. The Balaban J connectivity index is 1.94. The van der Waals surface area contributed by atoms with Crippen molar-refractivity contribution in [3.63, 3.8) is 0 Å². The Bertz CT molecular complexity index is 1550. The molecule has 8 heteroatoms. The smallest absolute Gasteiger partial charge is 0.275 e. The number of hydrogen-bond acceptors (Lipinski definition) is 6. The first kappa shape index (κ1) is 24.1. The summed E-state index contributed by atoms with van der Waals surface area (Å²) in [6.07, 6.45) is 0. The number of para-hydroxylation sites is 1. The lowest BCUT2D eigenvalue weighted by Crippen LogP contribution is -2.24. The molecule has 4 rings (SSSR count). The summed E-state index contributed by atoms with van der Waals surface area (Å²) in [5.41, 5.74) is 1.21. The summed E-state index contributed by atoms with van der Waals surface area (Å²) >= 11 is 5.76. The summed E-state index contributed by atoms with van der Waals surface area (Å²) in [6.45, 7) is 0.196. The van der Waals surface area contributed by atoms with E-state index < -0.39 is 5.56 Å². The van der Waals surface area contributed by atoms with Crippen LogP contribution < -0.4 is 10.9 Å². The summed E-state index contributed by atoms with van der Waals surface area (Å²) in [7, 11) is 0. The summed E-state index contributed by atoms with van der Waals surface area (Å²) in [5, 5.41) is 22.0. The quantitative estimate of drug-likeness (QED) is 0.212. The maximum atomic E-state index is 13.1. The minimum atomic E-state index is -0.672. The number of anilines is 1. The summed E-state index contributed by atoms with van der Waals surface area (Å²) in [6, 6.07) is 31.6. The Labute approximate surface area is 213 Å². The van der Waals surface area contributed by atoms with E-state index in [0.29, 0.717) is 17.0 Å². The van der Waals surface area contributed by atoms with E-state index in [9.17, 15) is 15.3 Å². The van der Waals surface area contributed by atoms with E-state index in [2.05, 4.69) is 15.3 Å². The molecule has 1 heterocycles. The monoisotopic (exact) mass is 489 g/mol. The fraction of sp³-hybridized carbons (Fsp3) is 0.0357. The minimum Gasteiger partial charge on any atom is -0.487 e. The second kappa shape index (κ2) is 11.4. The molecular weight excluding hydrogens is 470 g/mol. The number of rotatable bonds is 7. The fourth-order valence-corrected chi connectivity index (χ4v) is 3.74. The third-order valence-corrected chi connectivity index (χ3v) is 5.42. The first-order valence-electron chi connectivity index (χ1n) is 10.9. The van der Waals surface area contributed by atoms with E-state index in [1.54, 1.807) is 6.07 Å². The average Bonchev–Trinajstić information content (AvgIpc) is 2.92. The van der Waals surface area contributed by atoms with Gasteiger partial charge in [-0.15, -0.1) is 0 Å². The molecule has 0 bridgehead atoms. The molecule has 0 aliphatic rings. The zero-order valence-corrected chi connectivity index (χ0v) is 19.8. The number of aromatic amines is 1. The molecule has 0 radical (unpaired) electrons. The lowest BCUT2D eigenvalue weighted by molar-refractivity contribution is 0.266.